The highest BCUT2D eigenvalue weighted by atomic mass is 35.5. The molecule has 0 N–H and O–H groups in total. The van der Waals surface area contributed by atoms with Gasteiger partial charge in [-0.3, -0.25) is 0 Å². The lowest BCUT2D eigenvalue weighted by Gasteiger charge is -2.09. The molecule has 2 heterocycles. The molecule has 4 rings (SSSR count). The van der Waals surface area contributed by atoms with Crippen molar-refractivity contribution in [2.45, 2.75) is 18.7 Å². The second-order valence-electron chi connectivity index (χ2n) is 6.47. The molecule has 0 saturated carbocycles. The van der Waals surface area contributed by atoms with Gasteiger partial charge in [0.15, 0.2) is 5.65 Å². The normalized spacial score (nSPS) is 11.9. The average Bonchev–Trinajstić information content (AvgIpc) is 3.08. The molecule has 5 nitrogen and oxygen atoms in total. The highest BCUT2D eigenvalue weighted by Crippen LogP contribution is 2.31. The fourth-order valence-electron chi connectivity index (χ4n) is 3.00. The second-order valence-corrected chi connectivity index (χ2v) is 8.63. The standard InChI is InChI=1S/C20H15ClFN3O2S/c1-12-3-6-15(7-4-12)28(26,27)25-10-9-16-18(23-20(21)24-19(16)25)14-5-8-17(22)13(2)11-14/h3-11H,1-2H3. The number of rotatable bonds is 3. The van der Waals surface area contributed by atoms with Gasteiger partial charge in [-0.2, -0.15) is 4.98 Å². The van der Waals surface area contributed by atoms with Crippen LogP contribution in [0.15, 0.2) is 59.6 Å². The maximum Gasteiger partial charge on any atom is 0.269 e. The summed E-state index contributed by atoms with van der Waals surface area (Å²) in [5.41, 5.74) is 2.63. The van der Waals surface area contributed by atoms with Crippen molar-refractivity contribution in [3.05, 3.63) is 77.0 Å². The van der Waals surface area contributed by atoms with Crippen molar-refractivity contribution in [2.75, 3.05) is 0 Å². The van der Waals surface area contributed by atoms with E-state index in [1.807, 2.05) is 6.92 Å². The Labute approximate surface area is 166 Å². The largest absolute Gasteiger partial charge is 0.269 e. The molecule has 0 aliphatic carbocycles. The Morgan fingerprint density at radius 3 is 2.39 bits per heavy atom. The van der Waals surface area contributed by atoms with Crippen LogP contribution in [0.1, 0.15) is 11.1 Å². The summed E-state index contributed by atoms with van der Waals surface area (Å²) in [6.45, 7) is 3.53. The summed E-state index contributed by atoms with van der Waals surface area (Å²) >= 11 is 6.09. The van der Waals surface area contributed by atoms with E-state index >= 15 is 0 Å². The van der Waals surface area contributed by atoms with Crippen molar-refractivity contribution in [1.29, 1.82) is 0 Å². The minimum Gasteiger partial charge on any atom is -0.224 e. The Morgan fingerprint density at radius 1 is 1.00 bits per heavy atom. The molecule has 0 atom stereocenters. The van der Waals surface area contributed by atoms with Gasteiger partial charge in [0.25, 0.3) is 10.0 Å². The topological polar surface area (TPSA) is 64.8 Å². The van der Waals surface area contributed by atoms with E-state index in [1.165, 1.54) is 12.3 Å². The molecule has 0 spiro atoms. The van der Waals surface area contributed by atoms with Gasteiger partial charge in [0.05, 0.1) is 10.6 Å². The Hall–Kier alpha value is -2.77. The van der Waals surface area contributed by atoms with E-state index in [0.717, 1.165) is 9.54 Å². The second kappa shape index (κ2) is 6.68. The van der Waals surface area contributed by atoms with Gasteiger partial charge in [0.2, 0.25) is 5.28 Å². The lowest BCUT2D eigenvalue weighted by molar-refractivity contribution is 0.588. The highest BCUT2D eigenvalue weighted by Gasteiger charge is 2.22. The van der Waals surface area contributed by atoms with E-state index in [0.29, 0.717) is 22.2 Å². The molecule has 0 amide bonds. The molecule has 0 unspecified atom stereocenters. The molecule has 28 heavy (non-hydrogen) atoms. The summed E-state index contributed by atoms with van der Waals surface area (Å²) in [6, 6.07) is 12.7. The van der Waals surface area contributed by atoms with Crippen LogP contribution in [0.3, 0.4) is 0 Å². The van der Waals surface area contributed by atoms with Crippen LogP contribution >= 0.6 is 11.6 Å². The van der Waals surface area contributed by atoms with Crippen LogP contribution in [0.2, 0.25) is 5.28 Å². The summed E-state index contributed by atoms with van der Waals surface area (Å²) in [4.78, 5) is 8.52. The average molecular weight is 416 g/mol. The fraction of sp³-hybridized carbons (Fsp3) is 0.100. The van der Waals surface area contributed by atoms with Crippen molar-refractivity contribution in [1.82, 2.24) is 13.9 Å². The molecular weight excluding hydrogens is 401 g/mol. The number of fused-ring (bicyclic) bond motifs is 1. The first-order chi connectivity index (χ1) is 13.3. The monoisotopic (exact) mass is 415 g/mol. The maximum atomic E-state index is 13.6. The SMILES string of the molecule is Cc1ccc(S(=O)(=O)n2ccc3c(-c4ccc(F)c(C)c4)nc(Cl)nc32)cc1. The molecule has 8 heteroatoms. The van der Waals surface area contributed by atoms with Crippen molar-refractivity contribution < 1.29 is 12.8 Å². The summed E-state index contributed by atoms with van der Waals surface area (Å²) in [5.74, 6) is -0.334. The Balaban J connectivity index is 1.95. The van der Waals surface area contributed by atoms with Crippen molar-refractivity contribution >= 4 is 32.7 Å². The summed E-state index contributed by atoms with van der Waals surface area (Å²) in [7, 11) is -3.86. The number of nitrogens with zero attached hydrogens (tertiary/aromatic N) is 3. The third-order valence-electron chi connectivity index (χ3n) is 4.49. The third-order valence-corrected chi connectivity index (χ3v) is 6.34. The number of aromatic nitrogens is 3. The first kappa shape index (κ1) is 18.6. The predicted octanol–water partition coefficient (Wildman–Crippen LogP) is 4.74. The zero-order chi connectivity index (χ0) is 20.1. The third kappa shape index (κ3) is 3.06. The van der Waals surface area contributed by atoms with Gasteiger partial charge in [-0.25, -0.2) is 21.8 Å². The van der Waals surface area contributed by atoms with Gasteiger partial charge in [0, 0.05) is 17.1 Å². The quantitative estimate of drug-likeness (QED) is 0.453. The van der Waals surface area contributed by atoms with Crippen LogP contribution in [-0.4, -0.2) is 22.4 Å². The van der Waals surface area contributed by atoms with Crippen LogP contribution < -0.4 is 0 Å². The Kier molecular flexibility index (Phi) is 4.44. The highest BCUT2D eigenvalue weighted by molar-refractivity contribution is 7.90. The zero-order valence-electron chi connectivity index (χ0n) is 15.0. The lowest BCUT2D eigenvalue weighted by atomic mass is 10.1. The maximum absolute atomic E-state index is 13.6. The van der Waals surface area contributed by atoms with E-state index in [1.54, 1.807) is 49.4 Å². The first-order valence-corrected chi connectivity index (χ1v) is 10.2. The van der Waals surface area contributed by atoms with Gasteiger partial charge in [0.1, 0.15) is 5.82 Å². The fourth-order valence-corrected chi connectivity index (χ4v) is 4.45. The molecule has 2 aromatic carbocycles. The van der Waals surface area contributed by atoms with Gasteiger partial charge in [-0.05, 0) is 67.4 Å². The number of hydrogen-bond donors (Lipinski definition) is 0. The summed E-state index contributed by atoms with van der Waals surface area (Å²) in [6.07, 6.45) is 1.42. The van der Waals surface area contributed by atoms with Crippen LogP contribution in [0.5, 0.6) is 0 Å². The number of aryl methyl sites for hydroxylation is 2. The van der Waals surface area contributed by atoms with Crippen LogP contribution in [-0.2, 0) is 10.0 Å². The van der Waals surface area contributed by atoms with Gasteiger partial charge in [-0.15, -0.1) is 0 Å². The molecule has 4 aromatic rings. The molecular formula is C20H15ClFN3O2S. The molecule has 0 radical (unpaired) electrons. The number of halogens is 2. The van der Waals surface area contributed by atoms with Crippen LogP contribution in [0.4, 0.5) is 4.39 Å². The zero-order valence-corrected chi connectivity index (χ0v) is 16.6. The van der Waals surface area contributed by atoms with Crippen LogP contribution in [0, 0.1) is 19.7 Å². The molecule has 0 aliphatic heterocycles. The number of hydrogen-bond acceptors (Lipinski definition) is 4. The predicted molar refractivity (Wildman–Crippen MR) is 106 cm³/mol. The van der Waals surface area contributed by atoms with Crippen molar-refractivity contribution in [3.63, 3.8) is 0 Å². The molecule has 0 bridgehead atoms. The lowest BCUT2D eigenvalue weighted by Crippen LogP contribution is -2.12. The van der Waals surface area contributed by atoms with E-state index in [9.17, 15) is 12.8 Å². The van der Waals surface area contributed by atoms with Gasteiger partial charge >= 0.3 is 0 Å². The van der Waals surface area contributed by atoms with Crippen molar-refractivity contribution in [2.24, 2.45) is 0 Å². The minimum atomic E-state index is -3.86. The molecule has 0 saturated heterocycles. The van der Waals surface area contributed by atoms with Gasteiger partial charge in [-0.1, -0.05) is 17.7 Å². The molecule has 2 aromatic heterocycles. The Bertz CT molecular complexity index is 1320. The minimum absolute atomic E-state index is 0.0939. The molecule has 0 aliphatic rings. The smallest absolute Gasteiger partial charge is 0.224 e. The van der Waals surface area contributed by atoms with Crippen LogP contribution in [0.25, 0.3) is 22.3 Å². The van der Waals surface area contributed by atoms with E-state index in [2.05, 4.69) is 9.97 Å². The molecule has 142 valence electrons. The first-order valence-electron chi connectivity index (χ1n) is 8.41. The summed E-state index contributed by atoms with van der Waals surface area (Å²) < 4.78 is 40.9. The molecule has 0 fully saturated rings. The van der Waals surface area contributed by atoms with Crippen molar-refractivity contribution in [3.8, 4) is 11.3 Å². The summed E-state index contributed by atoms with van der Waals surface area (Å²) in [5, 5.41) is 0.412. The van der Waals surface area contributed by atoms with Gasteiger partial charge < -0.3 is 0 Å². The number of benzene rings is 2. The van der Waals surface area contributed by atoms with E-state index in [-0.39, 0.29) is 21.6 Å². The Morgan fingerprint density at radius 2 is 1.71 bits per heavy atom. The van der Waals surface area contributed by atoms with E-state index in [4.69, 9.17) is 11.6 Å². The van der Waals surface area contributed by atoms with E-state index < -0.39 is 10.0 Å².